The van der Waals surface area contributed by atoms with E-state index < -0.39 is 0 Å². The Morgan fingerprint density at radius 2 is 1.78 bits per heavy atom. The van der Waals surface area contributed by atoms with E-state index >= 15 is 0 Å². The van der Waals surface area contributed by atoms with Crippen LogP contribution in [0.15, 0.2) is 0 Å². The molecule has 0 saturated carbocycles. The Morgan fingerprint density at radius 3 is 2.28 bits per heavy atom. The Morgan fingerprint density at radius 1 is 1.11 bits per heavy atom. The number of hydrogen-bond donors (Lipinski definition) is 1. The first-order valence-electron chi connectivity index (χ1n) is 7.05. The quantitative estimate of drug-likeness (QED) is 0.563. The van der Waals surface area contributed by atoms with Crippen molar-refractivity contribution in [3.63, 3.8) is 0 Å². The Bertz CT molecular complexity index is 186. The van der Waals surface area contributed by atoms with Gasteiger partial charge in [-0.2, -0.15) is 0 Å². The molecule has 0 aliphatic rings. The molecule has 0 aliphatic heterocycles. The van der Waals surface area contributed by atoms with Crippen LogP contribution < -0.4 is 5.32 Å². The summed E-state index contributed by atoms with van der Waals surface area (Å²) < 4.78 is 5.04. The summed E-state index contributed by atoms with van der Waals surface area (Å²) in [5, 5.41) is 3.45. The summed E-state index contributed by atoms with van der Waals surface area (Å²) in [6.07, 6.45) is 0. The summed E-state index contributed by atoms with van der Waals surface area (Å²) in [5.41, 5.74) is 0. The highest BCUT2D eigenvalue weighted by Crippen LogP contribution is 2.04. The molecule has 4 nitrogen and oxygen atoms in total. The molecule has 110 valence electrons. The van der Waals surface area contributed by atoms with Gasteiger partial charge in [-0.1, -0.05) is 13.8 Å². The summed E-state index contributed by atoms with van der Waals surface area (Å²) >= 11 is 0. The molecular formula is C14H33N3O. The van der Waals surface area contributed by atoms with E-state index in [-0.39, 0.29) is 0 Å². The maximum Gasteiger partial charge on any atom is 0.0587 e. The van der Waals surface area contributed by atoms with Gasteiger partial charge in [0.2, 0.25) is 0 Å². The average molecular weight is 259 g/mol. The van der Waals surface area contributed by atoms with E-state index in [0.29, 0.717) is 12.0 Å². The topological polar surface area (TPSA) is 27.7 Å². The molecule has 0 amide bonds. The van der Waals surface area contributed by atoms with Crippen molar-refractivity contribution in [2.24, 2.45) is 5.92 Å². The molecule has 0 fully saturated rings. The van der Waals surface area contributed by atoms with E-state index in [0.717, 1.165) is 32.8 Å². The fraction of sp³-hybridized carbons (Fsp3) is 1.00. The molecule has 4 heteroatoms. The molecule has 0 rings (SSSR count). The second-order valence-corrected chi connectivity index (χ2v) is 5.74. The molecule has 1 N–H and O–H groups in total. The van der Waals surface area contributed by atoms with E-state index in [1.165, 1.54) is 6.54 Å². The van der Waals surface area contributed by atoms with Gasteiger partial charge in [-0.3, -0.25) is 4.90 Å². The average Bonchev–Trinajstić information content (AvgIpc) is 2.29. The van der Waals surface area contributed by atoms with Crippen molar-refractivity contribution >= 4 is 0 Å². The van der Waals surface area contributed by atoms with Crippen molar-refractivity contribution in [1.82, 2.24) is 15.1 Å². The molecule has 1 atom stereocenters. The predicted octanol–water partition coefficient (Wildman–Crippen LogP) is 1.13. The van der Waals surface area contributed by atoms with Gasteiger partial charge in [-0.05, 0) is 26.9 Å². The van der Waals surface area contributed by atoms with E-state index in [1.54, 1.807) is 7.11 Å². The molecule has 0 radical (unpaired) electrons. The lowest BCUT2D eigenvalue weighted by atomic mass is 10.1. The first kappa shape index (κ1) is 17.8. The van der Waals surface area contributed by atoms with E-state index in [1.807, 2.05) is 0 Å². The number of nitrogens with zero attached hydrogens (tertiary/aromatic N) is 2. The molecule has 0 aromatic rings. The first-order chi connectivity index (χ1) is 8.47. The van der Waals surface area contributed by atoms with Crippen molar-refractivity contribution in [1.29, 1.82) is 0 Å². The number of hydrogen-bond acceptors (Lipinski definition) is 4. The van der Waals surface area contributed by atoms with E-state index in [2.05, 4.69) is 50.0 Å². The standard InChI is InChI=1S/C14H33N3O/c1-13(2)12-17(9-8-16(4)5)14(3)11-15-7-10-18-6/h13-15H,7-12H2,1-6H3. The molecule has 0 saturated heterocycles. The van der Waals surface area contributed by atoms with Gasteiger partial charge >= 0.3 is 0 Å². The van der Waals surface area contributed by atoms with Crippen molar-refractivity contribution < 1.29 is 4.74 Å². The predicted molar refractivity (Wildman–Crippen MR) is 79.2 cm³/mol. The molecule has 0 spiro atoms. The summed E-state index contributed by atoms with van der Waals surface area (Å²) in [7, 11) is 6.01. The third-order valence-electron chi connectivity index (χ3n) is 2.98. The number of ether oxygens (including phenoxy) is 1. The van der Waals surface area contributed by atoms with E-state index in [4.69, 9.17) is 4.74 Å². The third kappa shape index (κ3) is 9.83. The molecule has 0 aromatic heterocycles. The van der Waals surface area contributed by atoms with Crippen LogP contribution in [0.1, 0.15) is 20.8 Å². The van der Waals surface area contributed by atoms with Crippen molar-refractivity contribution in [2.75, 3.05) is 60.5 Å². The highest BCUT2D eigenvalue weighted by molar-refractivity contribution is 4.72. The van der Waals surface area contributed by atoms with Crippen molar-refractivity contribution in [2.45, 2.75) is 26.8 Å². The van der Waals surface area contributed by atoms with Crippen LogP contribution in [0.2, 0.25) is 0 Å². The molecule has 0 heterocycles. The summed E-state index contributed by atoms with van der Waals surface area (Å²) in [6, 6.07) is 0.573. The van der Waals surface area contributed by atoms with Gasteiger partial charge in [0.15, 0.2) is 0 Å². The second-order valence-electron chi connectivity index (χ2n) is 5.74. The monoisotopic (exact) mass is 259 g/mol. The number of rotatable bonds is 11. The summed E-state index contributed by atoms with van der Waals surface area (Å²) in [6.45, 7) is 13.1. The molecule has 0 bridgehead atoms. The van der Waals surface area contributed by atoms with Gasteiger partial charge in [-0.15, -0.1) is 0 Å². The number of methoxy groups -OCH3 is 1. The Kier molecular flexibility index (Phi) is 10.6. The van der Waals surface area contributed by atoms with Gasteiger partial charge in [0.25, 0.3) is 0 Å². The number of likely N-dealkylation sites (N-methyl/N-ethyl adjacent to an activating group) is 1. The SMILES string of the molecule is COCCNCC(C)N(CCN(C)C)CC(C)C. The van der Waals surface area contributed by atoms with Gasteiger partial charge in [-0.25, -0.2) is 0 Å². The summed E-state index contributed by atoms with van der Waals surface area (Å²) in [5.74, 6) is 0.716. The maximum atomic E-state index is 5.04. The lowest BCUT2D eigenvalue weighted by Crippen LogP contribution is -2.45. The Balaban J connectivity index is 4.00. The third-order valence-corrected chi connectivity index (χ3v) is 2.98. The van der Waals surface area contributed by atoms with Gasteiger partial charge < -0.3 is 15.0 Å². The van der Waals surface area contributed by atoms with Gasteiger partial charge in [0.05, 0.1) is 6.61 Å². The largest absolute Gasteiger partial charge is 0.383 e. The molecule has 0 aliphatic carbocycles. The van der Waals surface area contributed by atoms with Crippen LogP contribution in [-0.4, -0.2) is 76.4 Å². The van der Waals surface area contributed by atoms with Crippen molar-refractivity contribution in [3.05, 3.63) is 0 Å². The Hall–Kier alpha value is -0.160. The first-order valence-corrected chi connectivity index (χ1v) is 7.05. The normalized spacial score (nSPS) is 13.8. The van der Waals surface area contributed by atoms with E-state index in [9.17, 15) is 0 Å². The van der Waals surface area contributed by atoms with Gasteiger partial charge in [0.1, 0.15) is 0 Å². The summed E-state index contributed by atoms with van der Waals surface area (Å²) in [4.78, 5) is 4.82. The zero-order valence-corrected chi connectivity index (χ0v) is 13.2. The molecule has 0 aromatic carbocycles. The smallest absolute Gasteiger partial charge is 0.0587 e. The fourth-order valence-electron chi connectivity index (χ4n) is 1.90. The highest BCUT2D eigenvalue weighted by Gasteiger charge is 2.14. The van der Waals surface area contributed by atoms with Crippen LogP contribution in [-0.2, 0) is 4.74 Å². The van der Waals surface area contributed by atoms with Crippen LogP contribution in [0.25, 0.3) is 0 Å². The van der Waals surface area contributed by atoms with Crippen LogP contribution in [0.5, 0.6) is 0 Å². The molecule has 1 unspecified atom stereocenters. The minimum Gasteiger partial charge on any atom is -0.383 e. The number of nitrogens with one attached hydrogen (secondary N) is 1. The Labute approximate surface area is 114 Å². The highest BCUT2D eigenvalue weighted by atomic mass is 16.5. The van der Waals surface area contributed by atoms with Crippen LogP contribution in [0.3, 0.4) is 0 Å². The lowest BCUT2D eigenvalue weighted by Gasteiger charge is -2.31. The second kappa shape index (κ2) is 10.7. The van der Waals surface area contributed by atoms with Gasteiger partial charge in [0, 0.05) is 45.9 Å². The van der Waals surface area contributed by atoms with Crippen LogP contribution in [0, 0.1) is 5.92 Å². The lowest BCUT2D eigenvalue weighted by molar-refractivity contribution is 0.160. The minimum absolute atomic E-state index is 0.573. The minimum atomic E-state index is 0.573. The zero-order valence-electron chi connectivity index (χ0n) is 13.2. The molecular weight excluding hydrogens is 226 g/mol. The van der Waals surface area contributed by atoms with Crippen molar-refractivity contribution in [3.8, 4) is 0 Å². The maximum absolute atomic E-state index is 5.04. The fourth-order valence-corrected chi connectivity index (χ4v) is 1.90. The van der Waals surface area contributed by atoms with Crippen LogP contribution in [0.4, 0.5) is 0 Å². The van der Waals surface area contributed by atoms with Crippen LogP contribution >= 0.6 is 0 Å². The zero-order chi connectivity index (χ0) is 14.0. The molecule has 18 heavy (non-hydrogen) atoms.